The lowest BCUT2D eigenvalue weighted by atomic mass is 9.97. The lowest BCUT2D eigenvalue weighted by molar-refractivity contribution is -0.137. The van der Waals surface area contributed by atoms with Gasteiger partial charge in [-0.05, 0) is 62.5 Å². The van der Waals surface area contributed by atoms with Gasteiger partial charge in [-0.25, -0.2) is 0 Å². The maximum atomic E-state index is 12.6. The number of piperidine rings is 1. The van der Waals surface area contributed by atoms with Crippen molar-refractivity contribution in [1.82, 2.24) is 5.32 Å². The van der Waals surface area contributed by atoms with E-state index in [2.05, 4.69) is 17.1 Å². The molecule has 0 amide bonds. The Hall–Kier alpha value is -1.23. The van der Waals surface area contributed by atoms with E-state index in [0.717, 1.165) is 51.1 Å². The molecule has 0 spiro atoms. The predicted octanol–water partition coefficient (Wildman–Crippen LogP) is 3.92. The van der Waals surface area contributed by atoms with Crippen molar-refractivity contribution < 1.29 is 13.2 Å². The number of alkyl halides is 3. The molecule has 1 fully saturated rings. The third kappa shape index (κ3) is 4.63. The van der Waals surface area contributed by atoms with Crippen LogP contribution in [0.5, 0.6) is 0 Å². The highest BCUT2D eigenvalue weighted by atomic mass is 19.4. The van der Waals surface area contributed by atoms with E-state index in [1.165, 1.54) is 12.1 Å². The molecule has 0 bridgehead atoms. The monoisotopic (exact) mass is 300 g/mol. The molecular weight excluding hydrogens is 277 g/mol. The Labute approximate surface area is 124 Å². The van der Waals surface area contributed by atoms with E-state index in [1.807, 2.05) is 0 Å². The van der Waals surface area contributed by atoms with Gasteiger partial charge in [-0.1, -0.05) is 6.92 Å². The largest absolute Gasteiger partial charge is 0.416 e. The molecule has 5 heteroatoms. The Kier molecular flexibility index (Phi) is 5.51. The number of nitrogens with zero attached hydrogens (tertiary/aromatic N) is 1. The highest BCUT2D eigenvalue weighted by molar-refractivity contribution is 5.48. The minimum Gasteiger partial charge on any atom is -0.371 e. The maximum Gasteiger partial charge on any atom is 0.416 e. The number of halogens is 3. The van der Waals surface area contributed by atoms with Crippen molar-refractivity contribution in [2.24, 2.45) is 5.92 Å². The van der Waals surface area contributed by atoms with Crippen LogP contribution in [0.2, 0.25) is 0 Å². The van der Waals surface area contributed by atoms with Crippen LogP contribution in [0, 0.1) is 5.92 Å². The van der Waals surface area contributed by atoms with E-state index < -0.39 is 11.7 Å². The minimum atomic E-state index is -4.26. The van der Waals surface area contributed by atoms with Crippen LogP contribution in [0.25, 0.3) is 0 Å². The molecule has 1 aliphatic rings. The summed E-state index contributed by atoms with van der Waals surface area (Å²) in [6.45, 7) is 5.99. The molecule has 0 unspecified atom stereocenters. The van der Waals surface area contributed by atoms with E-state index >= 15 is 0 Å². The standard InChI is InChI=1S/C16H23F3N2/c1-2-11-21(12-13-7-9-20-10-8-13)15-5-3-14(4-6-15)16(17,18)19/h3-6,13,20H,2,7-12H2,1H3. The first-order valence-electron chi connectivity index (χ1n) is 7.63. The predicted molar refractivity (Wildman–Crippen MR) is 79.5 cm³/mol. The van der Waals surface area contributed by atoms with Crippen LogP contribution in [-0.2, 0) is 6.18 Å². The van der Waals surface area contributed by atoms with Crippen molar-refractivity contribution in [3.05, 3.63) is 29.8 Å². The Morgan fingerprint density at radius 1 is 1.14 bits per heavy atom. The van der Waals surface area contributed by atoms with Gasteiger partial charge in [0.2, 0.25) is 0 Å². The van der Waals surface area contributed by atoms with E-state index in [1.54, 1.807) is 12.1 Å². The van der Waals surface area contributed by atoms with Gasteiger partial charge in [0.15, 0.2) is 0 Å². The smallest absolute Gasteiger partial charge is 0.371 e. The lowest BCUT2D eigenvalue weighted by Crippen LogP contribution is -2.36. The van der Waals surface area contributed by atoms with Gasteiger partial charge < -0.3 is 10.2 Å². The quantitative estimate of drug-likeness (QED) is 0.886. The first kappa shape index (κ1) is 16.1. The second-order valence-electron chi connectivity index (χ2n) is 5.68. The Balaban J connectivity index is 2.06. The summed E-state index contributed by atoms with van der Waals surface area (Å²) in [6.07, 6.45) is -0.989. The van der Waals surface area contributed by atoms with Crippen LogP contribution in [0.4, 0.5) is 18.9 Å². The highest BCUT2D eigenvalue weighted by Crippen LogP contribution is 2.31. The zero-order valence-electron chi connectivity index (χ0n) is 12.4. The summed E-state index contributed by atoms with van der Waals surface area (Å²) in [4.78, 5) is 2.22. The molecule has 1 aromatic carbocycles. The number of rotatable bonds is 5. The molecule has 1 heterocycles. The van der Waals surface area contributed by atoms with Crippen molar-refractivity contribution in [2.45, 2.75) is 32.4 Å². The van der Waals surface area contributed by atoms with Gasteiger partial charge in [0, 0.05) is 18.8 Å². The SMILES string of the molecule is CCCN(CC1CCNCC1)c1ccc(C(F)(F)F)cc1. The molecule has 118 valence electrons. The summed E-state index contributed by atoms with van der Waals surface area (Å²) < 4.78 is 37.9. The summed E-state index contributed by atoms with van der Waals surface area (Å²) in [6, 6.07) is 5.56. The Morgan fingerprint density at radius 2 is 1.76 bits per heavy atom. The van der Waals surface area contributed by atoms with Gasteiger partial charge in [0.1, 0.15) is 0 Å². The van der Waals surface area contributed by atoms with Crippen molar-refractivity contribution in [2.75, 3.05) is 31.1 Å². The number of hydrogen-bond donors (Lipinski definition) is 1. The van der Waals surface area contributed by atoms with E-state index in [0.29, 0.717) is 5.92 Å². The average molecular weight is 300 g/mol. The van der Waals surface area contributed by atoms with Crippen LogP contribution >= 0.6 is 0 Å². The first-order chi connectivity index (χ1) is 10.0. The third-order valence-corrected chi connectivity index (χ3v) is 3.99. The van der Waals surface area contributed by atoms with E-state index in [9.17, 15) is 13.2 Å². The Morgan fingerprint density at radius 3 is 2.29 bits per heavy atom. The molecule has 2 rings (SSSR count). The molecule has 1 saturated heterocycles. The van der Waals surface area contributed by atoms with Gasteiger partial charge in [0.05, 0.1) is 5.56 Å². The van der Waals surface area contributed by atoms with Gasteiger partial charge in [-0.2, -0.15) is 13.2 Å². The van der Waals surface area contributed by atoms with Gasteiger partial charge in [-0.3, -0.25) is 0 Å². The number of nitrogens with one attached hydrogen (secondary N) is 1. The molecule has 2 nitrogen and oxygen atoms in total. The molecule has 1 N–H and O–H groups in total. The molecule has 0 radical (unpaired) electrons. The fourth-order valence-electron chi connectivity index (χ4n) is 2.83. The molecule has 0 saturated carbocycles. The zero-order chi connectivity index (χ0) is 15.3. The number of hydrogen-bond acceptors (Lipinski definition) is 2. The third-order valence-electron chi connectivity index (χ3n) is 3.99. The summed E-state index contributed by atoms with van der Waals surface area (Å²) in [7, 11) is 0. The fourth-order valence-corrected chi connectivity index (χ4v) is 2.83. The van der Waals surface area contributed by atoms with Crippen molar-refractivity contribution in [1.29, 1.82) is 0 Å². The van der Waals surface area contributed by atoms with Crippen LogP contribution < -0.4 is 10.2 Å². The van der Waals surface area contributed by atoms with Gasteiger partial charge in [-0.15, -0.1) is 0 Å². The van der Waals surface area contributed by atoms with Gasteiger partial charge in [0.25, 0.3) is 0 Å². The maximum absolute atomic E-state index is 12.6. The van der Waals surface area contributed by atoms with Crippen LogP contribution in [0.3, 0.4) is 0 Å². The average Bonchev–Trinajstić information content (AvgIpc) is 2.47. The first-order valence-corrected chi connectivity index (χ1v) is 7.63. The van der Waals surface area contributed by atoms with Crippen molar-refractivity contribution >= 4 is 5.69 Å². The van der Waals surface area contributed by atoms with Crippen LogP contribution in [-0.4, -0.2) is 26.2 Å². The molecule has 1 aliphatic heterocycles. The topological polar surface area (TPSA) is 15.3 Å². The van der Waals surface area contributed by atoms with Gasteiger partial charge >= 0.3 is 6.18 Å². The van der Waals surface area contributed by atoms with Crippen LogP contribution in [0.1, 0.15) is 31.7 Å². The lowest BCUT2D eigenvalue weighted by Gasteiger charge is -2.31. The van der Waals surface area contributed by atoms with E-state index in [4.69, 9.17) is 0 Å². The molecule has 21 heavy (non-hydrogen) atoms. The number of anilines is 1. The summed E-state index contributed by atoms with van der Waals surface area (Å²) >= 11 is 0. The molecule has 1 aromatic rings. The molecule has 0 atom stereocenters. The summed E-state index contributed by atoms with van der Waals surface area (Å²) in [5.41, 5.74) is 0.313. The second kappa shape index (κ2) is 7.16. The zero-order valence-corrected chi connectivity index (χ0v) is 12.4. The van der Waals surface area contributed by atoms with E-state index in [-0.39, 0.29) is 0 Å². The molecule has 0 aliphatic carbocycles. The molecule has 0 aromatic heterocycles. The second-order valence-corrected chi connectivity index (χ2v) is 5.68. The van der Waals surface area contributed by atoms with Crippen LogP contribution in [0.15, 0.2) is 24.3 Å². The Bertz CT molecular complexity index is 422. The van der Waals surface area contributed by atoms with Crippen molar-refractivity contribution in [3.8, 4) is 0 Å². The molecular formula is C16H23F3N2. The fraction of sp³-hybridized carbons (Fsp3) is 0.625. The summed E-state index contributed by atoms with van der Waals surface area (Å²) in [5, 5.41) is 3.34. The highest BCUT2D eigenvalue weighted by Gasteiger charge is 2.30. The summed E-state index contributed by atoms with van der Waals surface area (Å²) in [5.74, 6) is 0.625. The minimum absolute atomic E-state index is 0.579. The normalized spacial score (nSPS) is 17.0. The number of benzene rings is 1. The van der Waals surface area contributed by atoms with Crippen molar-refractivity contribution in [3.63, 3.8) is 0 Å².